The summed E-state index contributed by atoms with van der Waals surface area (Å²) in [6.07, 6.45) is 0.814. The molecule has 1 atom stereocenters. The molecule has 1 aromatic carbocycles. The summed E-state index contributed by atoms with van der Waals surface area (Å²) in [6.45, 7) is 4.60. The topological polar surface area (TPSA) is 58.4 Å². The molecule has 2 aromatic heterocycles. The Kier molecular flexibility index (Phi) is 6.49. The highest BCUT2D eigenvalue weighted by Gasteiger charge is 2.19. The summed E-state index contributed by atoms with van der Waals surface area (Å²) in [4.78, 5) is 18.3. The summed E-state index contributed by atoms with van der Waals surface area (Å²) in [5.74, 6) is 0.463. The Hall–Kier alpha value is -2.63. The molecular weight excluding hydrogens is 374 g/mol. The van der Waals surface area contributed by atoms with Crippen LogP contribution in [0.1, 0.15) is 28.6 Å². The molecule has 0 unspecified atom stereocenters. The summed E-state index contributed by atoms with van der Waals surface area (Å²) in [6, 6.07) is 17.5. The summed E-state index contributed by atoms with van der Waals surface area (Å²) in [5.41, 5.74) is 3.84. The molecule has 3 rings (SSSR count). The molecule has 1 N–H and O–H groups in total. The highest BCUT2D eigenvalue weighted by molar-refractivity contribution is 6.27. The Labute approximate surface area is 170 Å². The molecule has 3 aromatic rings. The molecule has 0 spiro atoms. The molecule has 0 radical (unpaired) electrons. The first-order chi connectivity index (χ1) is 13.5. The van der Waals surface area contributed by atoms with E-state index < -0.39 is 6.10 Å². The summed E-state index contributed by atoms with van der Waals surface area (Å²) < 4.78 is 2.05. The van der Waals surface area contributed by atoms with Crippen LogP contribution in [0.4, 0.5) is 0 Å². The largest absolute Gasteiger partial charge is 0.386 e. The number of alkyl halides is 1. The van der Waals surface area contributed by atoms with Gasteiger partial charge in [0.25, 0.3) is 0 Å². The molecule has 0 aliphatic rings. The van der Waals surface area contributed by atoms with Gasteiger partial charge in [-0.25, -0.2) is 4.98 Å². The predicted molar refractivity (Wildman–Crippen MR) is 111 cm³/mol. The fraction of sp³-hybridized carbons (Fsp3) is 0.273. The van der Waals surface area contributed by atoms with Gasteiger partial charge in [0.05, 0.1) is 12.6 Å². The van der Waals surface area contributed by atoms with Gasteiger partial charge in [-0.3, -0.25) is 4.79 Å². The second-order valence-corrected chi connectivity index (χ2v) is 7.08. The quantitative estimate of drug-likeness (QED) is 0.617. The number of aliphatic hydroxyl groups excluding tert-OH is 1. The van der Waals surface area contributed by atoms with Crippen molar-refractivity contribution < 1.29 is 9.90 Å². The summed E-state index contributed by atoms with van der Waals surface area (Å²) >= 11 is 5.76. The van der Waals surface area contributed by atoms with Crippen molar-refractivity contribution in [3.63, 3.8) is 0 Å². The van der Waals surface area contributed by atoms with E-state index in [1.807, 2.05) is 68.4 Å². The minimum atomic E-state index is -0.843. The minimum Gasteiger partial charge on any atom is -0.386 e. The number of amides is 1. The number of halogens is 1. The van der Waals surface area contributed by atoms with Crippen LogP contribution in [-0.4, -0.2) is 37.9 Å². The number of carbonyl (C=O) groups is 1. The Morgan fingerprint density at radius 3 is 2.36 bits per heavy atom. The Morgan fingerprint density at radius 1 is 1.11 bits per heavy atom. The molecule has 5 nitrogen and oxygen atoms in total. The highest BCUT2D eigenvalue weighted by Crippen LogP contribution is 2.19. The standard InChI is InChI=1S/C22H24ClN3O2/c1-16-8-9-17(2)26(16)21-11-10-19(13-24-21)20(27)15-25(22(28)12-23)14-18-6-4-3-5-7-18/h3-11,13,20,27H,12,14-15H2,1-2H3/t20-/m0/s1. The van der Waals surface area contributed by atoms with E-state index in [9.17, 15) is 9.90 Å². The lowest BCUT2D eigenvalue weighted by Crippen LogP contribution is -2.35. The zero-order chi connectivity index (χ0) is 20.1. The molecule has 0 bridgehead atoms. The number of hydrogen-bond donors (Lipinski definition) is 1. The number of rotatable bonds is 7. The number of aryl methyl sites for hydroxylation is 2. The van der Waals surface area contributed by atoms with Gasteiger partial charge in [0, 0.05) is 29.7 Å². The van der Waals surface area contributed by atoms with Crippen LogP contribution in [0.5, 0.6) is 0 Å². The molecule has 146 valence electrons. The monoisotopic (exact) mass is 397 g/mol. The van der Waals surface area contributed by atoms with E-state index in [2.05, 4.69) is 9.55 Å². The molecule has 1 amide bonds. The van der Waals surface area contributed by atoms with Crippen LogP contribution in [0.15, 0.2) is 60.8 Å². The fourth-order valence-electron chi connectivity index (χ4n) is 3.21. The van der Waals surface area contributed by atoms with E-state index in [4.69, 9.17) is 11.6 Å². The number of nitrogens with zero attached hydrogens (tertiary/aromatic N) is 3. The lowest BCUT2D eigenvalue weighted by Gasteiger charge is -2.25. The molecule has 6 heteroatoms. The molecule has 0 aliphatic heterocycles. The fourth-order valence-corrected chi connectivity index (χ4v) is 3.38. The zero-order valence-corrected chi connectivity index (χ0v) is 16.8. The van der Waals surface area contributed by atoms with Crippen molar-refractivity contribution in [3.05, 3.63) is 83.3 Å². The lowest BCUT2D eigenvalue weighted by atomic mass is 10.1. The lowest BCUT2D eigenvalue weighted by molar-refractivity contribution is -0.130. The average Bonchev–Trinajstić information content (AvgIpc) is 3.05. The van der Waals surface area contributed by atoms with Gasteiger partial charge in [0.2, 0.25) is 5.91 Å². The second kappa shape index (κ2) is 9.04. The predicted octanol–water partition coefficient (Wildman–Crippen LogP) is 3.79. The van der Waals surface area contributed by atoms with Crippen LogP contribution in [0.3, 0.4) is 0 Å². The summed E-state index contributed by atoms with van der Waals surface area (Å²) in [5, 5.41) is 10.7. The summed E-state index contributed by atoms with van der Waals surface area (Å²) in [7, 11) is 0. The number of hydrogen-bond acceptors (Lipinski definition) is 3. The molecule has 0 fully saturated rings. The van der Waals surface area contributed by atoms with E-state index in [-0.39, 0.29) is 18.3 Å². The van der Waals surface area contributed by atoms with E-state index >= 15 is 0 Å². The van der Waals surface area contributed by atoms with Gasteiger partial charge in [-0.05, 0) is 37.6 Å². The van der Waals surface area contributed by atoms with E-state index in [1.165, 1.54) is 0 Å². The van der Waals surface area contributed by atoms with Crippen LogP contribution < -0.4 is 0 Å². The van der Waals surface area contributed by atoms with Crippen LogP contribution in [0.2, 0.25) is 0 Å². The number of aromatic nitrogens is 2. The van der Waals surface area contributed by atoms with E-state index in [0.29, 0.717) is 12.1 Å². The van der Waals surface area contributed by atoms with Crippen molar-refractivity contribution in [2.45, 2.75) is 26.5 Å². The van der Waals surface area contributed by atoms with Gasteiger partial charge in [-0.2, -0.15) is 0 Å². The Bertz CT molecular complexity index is 903. The van der Waals surface area contributed by atoms with Crippen molar-refractivity contribution in [3.8, 4) is 5.82 Å². The van der Waals surface area contributed by atoms with E-state index in [0.717, 1.165) is 22.8 Å². The Balaban J connectivity index is 1.74. The molecular formula is C22H24ClN3O2. The van der Waals surface area contributed by atoms with Crippen LogP contribution in [0.25, 0.3) is 5.82 Å². The van der Waals surface area contributed by atoms with Crippen molar-refractivity contribution in [2.75, 3.05) is 12.4 Å². The third-order valence-corrected chi connectivity index (χ3v) is 4.96. The van der Waals surface area contributed by atoms with Crippen LogP contribution in [-0.2, 0) is 11.3 Å². The first-order valence-corrected chi connectivity index (χ1v) is 9.70. The maximum absolute atomic E-state index is 12.2. The molecule has 28 heavy (non-hydrogen) atoms. The maximum atomic E-state index is 12.2. The van der Waals surface area contributed by atoms with Gasteiger partial charge in [0.15, 0.2) is 0 Å². The number of aliphatic hydroxyl groups is 1. The highest BCUT2D eigenvalue weighted by atomic mass is 35.5. The van der Waals surface area contributed by atoms with Gasteiger partial charge < -0.3 is 14.6 Å². The SMILES string of the molecule is Cc1ccc(C)n1-c1ccc([C@@H](O)CN(Cc2ccccc2)C(=O)CCl)cn1. The van der Waals surface area contributed by atoms with Crippen molar-refractivity contribution in [2.24, 2.45) is 0 Å². The van der Waals surface area contributed by atoms with Crippen LogP contribution in [0, 0.1) is 13.8 Å². The third kappa shape index (κ3) is 4.61. The maximum Gasteiger partial charge on any atom is 0.237 e. The second-order valence-electron chi connectivity index (χ2n) is 6.81. The molecule has 0 saturated heterocycles. The van der Waals surface area contributed by atoms with E-state index in [1.54, 1.807) is 11.1 Å². The number of benzene rings is 1. The molecule has 0 aliphatic carbocycles. The first-order valence-electron chi connectivity index (χ1n) is 9.16. The number of pyridine rings is 1. The smallest absolute Gasteiger partial charge is 0.237 e. The average molecular weight is 398 g/mol. The zero-order valence-electron chi connectivity index (χ0n) is 16.0. The minimum absolute atomic E-state index is 0.122. The molecule has 0 saturated carbocycles. The Morgan fingerprint density at radius 2 is 1.79 bits per heavy atom. The first kappa shape index (κ1) is 20.1. The van der Waals surface area contributed by atoms with Gasteiger partial charge in [-0.1, -0.05) is 36.4 Å². The van der Waals surface area contributed by atoms with Crippen LogP contribution >= 0.6 is 11.6 Å². The molecule has 2 heterocycles. The number of carbonyl (C=O) groups excluding carboxylic acids is 1. The normalized spacial score (nSPS) is 12.0. The van der Waals surface area contributed by atoms with Crippen molar-refractivity contribution in [1.82, 2.24) is 14.5 Å². The van der Waals surface area contributed by atoms with Gasteiger partial charge in [-0.15, -0.1) is 11.6 Å². The van der Waals surface area contributed by atoms with Gasteiger partial charge in [0.1, 0.15) is 11.7 Å². The van der Waals surface area contributed by atoms with Gasteiger partial charge >= 0.3 is 0 Å². The van der Waals surface area contributed by atoms with Crippen molar-refractivity contribution in [1.29, 1.82) is 0 Å². The van der Waals surface area contributed by atoms with Crippen molar-refractivity contribution >= 4 is 17.5 Å². The third-order valence-electron chi connectivity index (χ3n) is 4.73.